The van der Waals surface area contributed by atoms with Crippen molar-refractivity contribution < 1.29 is 9.59 Å². The molecule has 0 aliphatic carbocycles. The zero-order valence-corrected chi connectivity index (χ0v) is 10.4. The maximum atomic E-state index is 11.4. The summed E-state index contributed by atoms with van der Waals surface area (Å²) in [4.78, 5) is 24.3. The van der Waals surface area contributed by atoms with E-state index in [0.717, 1.165) is 19.4 Å². The normalized spacial score (nSPS) is 19.9. The minimum atomic E-state index is -0.0366. The van der Waals surface area contributed by atoms with Crippen molar-refractivity contribution in [3.63, 3.8) is 0 Å². The third kappa shape index (κ3) is 4.37. The highest BCUT2D eigenvalue weighted by Gasteiger charge is 2.23. The van der Waals surface area contributed by atoms with Crippen molar-refractivity contribution in [1.82, 2.24) is 10.2 Å². The van der Waals surface area contributed by atoms with E-state index in [1.54, 1.807) is 4.90 Å². The van der Waals surface area contributed by atoms with E-state index < -0.39 is 0 Å². The second-order valence-electron chi connectivity index (χ2n) is 3.80. The van der Waals surface area contributed by atoms with Gasteiger partial charge in [0.25, 0.3) is 0 Å². The van der Waals surface area contributed by atoms with Crippen LogP contribution in [0.25, 0.3) is 0 Å². The maximum absolute atomic E-state index is 11.4. The van der Waals surface area contributed by atoms with Crippen LogP contribution in [0, 0.1) is 0 Å². The number of nitrogens with one attached hydrogen (secondary N) is 1. The van der Waals surface area contributed by atoms with Crippen LogP contribution in [0.1, 0.15) is 26.2 Å². The van der Waals surface area contributed by atoms with Crippen molar-refractivity contribution in [3.05, 3.63) is 0 Å². The molecule has 0 aromatic heterocycles. The molecular weight excluding hydrogens is 230 g/mol. The smallest absolute Gasteiger partial charge is 0.236 e. The van der Waals surface area contributed by atoms with Gasteiger partial charge in [0.05, 0.1) is 6.54 Å². The van der Waals surface area contributed by atoms with Crippen LogP contribution in [0.2, 0.25) is 0 Å². The summed E-state index contributed by atoms with van der Waals surface area (Å²) in [7, 11) is 0. The number of carbonyl (C=O) groups excluding carboxylic acids is 2. The van der Waals surface area contributed by atoms with Gasteiger partial charge in [-0.3, -0.25) is 9.59 Å². The molecule has 1 aliphatic heterocycles. The molecule has 1 rings (SSSR count). The molecule has 0 radical (unpaired) electrons. The van der Waals surface area contributed by atoms with E-state index in [0.29, 0.717) is 13.0 Å². The molecule has 1 unspecified atom stereocenters. The summed E-state index contributed by atoms with van der Waals surface area (Å²) in [6, 6.07) is 0.0988. The van der Waals surface area contributed by atoms with E-state index in [-0.39, 0.29) is 36.8 Å². The van der Waals surface area contributed by atoms with Crippen molar-refractivity contribution in [2.45, 2.75) is 32.2 Å². The zero-order chi connectivity index (χ0) is 11.3. The Kier molecular flexibility index (Phi) is 7.08. The van der Waals surface area contributed by atoms with Crippen LogP contribution in [0.4, 0.5) is 0 Å². The molecule has 94 valence electrons. The van der Waals surface area contributed by atoms with Crippen molar-refractivity contribution in [1.29, 1.82) is 0 Å². The summed E-state index contributed by atoms with van der Waals surface area (Å²) in [6.45, 7) is 3.23. The third-order valence-corrected chi connectivity index (χ3v) is 2.63. The molecule has 1 saturated heterocycles. The summed E-state index contributed by atoms with van der Waals surface area (Å²) in [6.07, 6.45) is 2.36. The first-order chi connectivity index (χ1) is 7.17. The molecule has 5 nitrogen and oxygen atoms in total. The molecule has 1 heterocycles. The summed E-state index contributed by atoms with van der Waals surface area (Å²) in [5.41, 5.74) is 5.30. The first-order valence-electron chi connectivity index (χ1n) is 5.44. The molecule has 0 aromatic rings. The lowest BCUT2D eigenvalue weighted by Crippen LogP contribution is -2.50. The second-order valence-corrected chi connectivity index (χ2v) is 3.80. The average Bonchev–Trinajstić information content (AvgIpc) is 2.28. The van der Waals surface area contributed by atoms with Gasteiger partial charge in [0, 0.05) is 25.6 Å². The van der Waals surface area contributed by atoms with Crippen molar-refractivity contribution in [3.8, 4) is 0 Å². The molecule has 16 heavy (non-hydrogen) atoms. The number of halogens is 1. The largest absolute Gasteiger partial charge is 0.352 e. The van der Waals surface area contributed by atoms with Crippen LogP contribution in [0.5, 0.6) is 0 Å². The number of carbonyl (C=O) groups is 2. The molecule has 0 saturated carbocycles. The van der Waals surface area contributed by atoms with Crippen LogP contribution in [0.3, 0.4) is 0 Å². The standard InChI is InChI=1S/C10H19N3O2.ClH/c1-2-9(14)12-8-4-3-5-13(7-8)10(15)6-11;/h8H,2-7,11H2,1H3,(H,12,14);1H. The van der Waals surface area contributed by atoms with Gasteiger partial charge in [0.15, 0.2) is 0 Å². The first kappa shape index (κ1) is 15.2. The van der Waals surface area contributed by atoms with E-state index in [1.165, 1.54) is 0 Å². The predicted molar refractivity (Wildman–Crippen MR) is 64.3 cm³/mol. The van der Waals surface area contributed by atoms with Gasteiger partial charge in [0.1, 0.15) is 0 Å². The average molecular weight is 250 g/mol. The Bertz CT molecular complexity index is 248. The summed E-state index contributed by atoms with van der Waals surface area (Å²) in [5.74, 6) is 0.00694. The van der Waals surface area contributed by atoms with E-state index in [4.69, 9.17) is 5.73 Å². The van der Waals surface area contributed by atoms with Gasteiger partial charge >= 0.3 is 0 Å². The fourth-order valence-corrected chi connectivity index (χ4v) is 1.78. The number of hydrogen-bond donors (Lipinski definition) is 2. The highest BCUT2D eigenvalue weighted by atomic mass is 35.5. The number of piperidine rings is 1. The summed E-state index contributed by atoms with van der Waals surface area (Å²) < 4.78 is 0. The lowest BCUT2D eigenvalue weighted by Gasteiger charge is -2.32. The van der Waals surface area contributed by atoms with Crippen LogP contribution < -0.4 is 11.1 Å². The van der Waals surface area contributed by atoms with E-state index in [2.05, 4.69) is 5.32 Å². The molecule has 0 bridgehead atoms. The van der Waals surface area contributed by atoms with E-state index in [1.807, 2.05) is 6.92 Å². The van der Waals surface area contributed by atoms with E-state index >= 15 is 0 Å². The van der Waals surface area contributed by atoms with E-state index in [9.17, 15) is 9.59 Å². The second kappa shape index (κ2) is 7.46. The SMILES string of the molecule is CCC(=O)NC1CCCN(C(=O)CN)C1.Cl. The van der Waals surface area contributed by atoms with Gasteiger partial charge in [-0.05, 0) is 12.8 Å². The number of amides is 2. The molecule has 2 amide bonds. The molecule has 6 heteroatoms. The minimum absolute atomic E-state index is 0. The van der Waals surface area contributed by atoms with Gasteiger partial charge < -0.3 is 16.0 Å². The molecule has 3 N–H and O–H groups in total. The lowest BCUT2D eigenvalue weighted by molar-refractivity contribution is -0.132. The maximum Gasteiger partial charge on any atom is 0.236 e. The van der Waals surface area contributed by atoms with Crippen molar-refractivity contribution >= 4 is 24.2 Å². The topological polar surface area (TPSA) is 75.4 Å². The fraction of sp³-hybridized carbons (Fsp3) is 0.800. The predicted octanol–water partition coefficient (Wildman–Crippen LogP) is -0.116. The Labute approximate surface area is 102 Å². The van der Waals surface area contributed by atoms with Crippen molar-refractivity contribution in [2.75, 3.05) is 19.6 Å². The number of nitrogens with zero attached hydrogens (tertiary/aromatic N) is 1. The Balaban J connectivity index is 0.00000225. The molecule has 0 spiro atoms. The molecule has 0 aromatic carbocycles. The number of nitrogens with two attached hydrogens (primary N) is 1. The molecule has 1 atom stereocenters. The highest BCUT2D eigenvalue weighted by Crippen LogP contribution is 2.10. The lowest BCUT2D eigenvalue weighted by atomic mass is 10.1. The number of rotatable bonds is 3. The molecular formula is C10H20ClN3O2. The van der Waals surface area contributed by atoms with Crippen LogP contribution in [0.15, 0.2) is 0 Å². The highest BCUT2D eigenvalue weighted by molar-refractivity contribution is 5.85. The monoisotopic (exact) mass is 249 g/mol. The van der Waals surface area contributed by atoms with Gasteiger partial charge in [-0.15, -0.1) is 12.4 Å². The Hall–Kier alpha value is -0.810. The van der Waals surface area contributed by atoms with Gasteiger partial charge in [-0.1, -0.05) is 6.92 Å². The Morgan fingerprint density at radius 3 is 2.75 bits per heavy atom. The van der Waals surface area contributed by atoms with Gasteiger partial charge in [-0.2, -0.15) is 0 Å². The summed E-state index contributed by atoms with van der Waals surface area (Å²) in [5, 5.41) is 2.90. The zero-order valence-electron chi connectivity index (χ0n) is 9.57. The van der Waals surface area contributed by atoms with Crippen LogP contribution in [-0.4, -0.2) is 42.4 Å². The first-order valence-corrected chi connectivity index (χ1v) is 5.44. The quantitative estimate of drug-likeness (QED) is 0.733. The fourth-order valence-electron chi connectivity index (χ4n) is 1.78. The van der Waals surface area contributed by atoms with Gasteiger partial charge in [-0.25, -0.2) is 0 Å². The Morgan fingerprint density at radius 1 is 1.50 bits per heavy atom. The number of likely N-dealkylation sites (tertiary alicyclic amines) is 1. The Morgan fingerprint density at radius 2 is 2.19 bits per heavy atom. The minimum Gasteiger partial charge on any atom is -0.352 e. The summed E-state index contributed by atoms with van der Waals surface area (Å²) >= 11 is 0. The molecule has 1 fully saturated rings. The van der Waals surface area contributed by atoms with Crippen LogP contribution in [-0.2, 0) is 9.59 Å². The van der Waals surface area contributed by atoms with Crippen molar-refractivity contribution in [2.24, 2.45) is 5.73 Å². The van der Waals surface area contributed by atoms with Crippen LogP contribution >= 0.6 is 12.4 Å². The van der Waals surface area contributed by atoms with Gasteiger partial charge in [0.2, 0.25) is 11.8 Å². The third-order valence-electron chi connectivity index (χ3n) is 2.63. The molecule has 1 aliphatic rings. The number of hydrogen-bond acceptors (Lipinski definition) is 3.